The van der Waals surface area contributed by atoms with Gasteiger partial charge in [-0.15, -0.1) is 0 Å². The lowest BCUT2D eigenvalue weighted by atomic mass is 10.1. The van der Waals surface area contributed by atoms with Crippen molar-refractivity contribution in [2.75, 3.05) is 42.9 Å². The molecule has 1 fully saturated rings. The SMILES string of the molecule is Cc1cc(NC(=O)CN2CCN(c3c(C#N)cnc4ccc(OC(F)F)cc34)CC2)no1. The first-order chi connectivity index (χ1) is 15.4. The van der Waals surface area contributed by atoms with Crippen LogP contribution in [0.4, 0.5) is 20.3 Å². The minimum Gasteiger partial charge on any atom is -0.435 e. The van der Waals surface area contributed by atoms with E-state index in [1.54, 1.807) is 19.1 Å². The fraction of sp³-hybridized carbons (Fsp3) is 0.333. The summed E-state index contributed by atoms with van der Waals surface area (Å²) in [6, 6.07) is 8.25. The maximum Gasteiger partial charge on any atom is 0.387 e. The normalized spacial score (nSPS) is 14.5. The van der Waals surface area contributed by atoms with Crippen molar-refractivity contribution >= 4 is 28.3 Å². The highest BCUT2D eigenvalue weighted by Crippen LogP contribution is 2.33. The Hall–Kier alpha value is -3.78. The average molecular weight is 442 g/mol. The van der Waals surface area contributed by atoms with Crippen molar-refractivity contribution in [3.8, 4) is 11.8 Å². The number of aryl methyl sites for hydroxylation is 1. The standard InChI is InChI=1S/C21H20F2N6O3/c1-13-8-18(27-32-13)26-19(30)12-28-4-6-29(7-5-28)20-14(10-24)11-25-17-3-2-15(9-16(17)20)31-21(22)23/h2-3,8-9,11,21H,4-7,12H2,1H3,(H,26,27,30). The van der Waals surface area contributed by atoms with Crippen molar-refractivity contribution in [3.63, 3.8) is 0 Å². The third-order valence-electron chi connectivity index (χ3n) is 5.11. The van der Waals surface area contributed by atoms with Crippen LogP contribution in [0.3, 0.4) is 0 Å². The Balaban J connectivity index is 1.48. The monoisotopic (exact) mass is 442 g/mol. The van der Waals surface area contributed by atoms with Gasteiger partial charge in [-0.3, -0.25) is 14.7 Å². The zero-order valence-electron chi connectivity index (χ0n) is 17.2. The van der Waals surface area contributed by atoms with Crippen LogP contribution in [0.1, 0.15) is 11.3 Å². The van der Waals surface area contributed by atoms with E-state index < -0.39 is 6.61 Å². The number of halogens is 2. The number of hydrogen-bond donors (Lipinski definition) is 1. The van der Waals surface area contributed by atoms with Gasteiger partial charge in [0.2, 0.25) is 5.91 Å². The summed E-state index contributed by atoms with van der Waals surface area (Å²) in [6.07, 6.45) is 1.48. The zero-order chi connectivity index (χ0) is 22.7. The third-order valence-corrected chi connectivity index (χ3v) is 5.11. The summed E-state index contributed by atoms with van der Waals surface area (Å²) in [5.74, 6) is 0.778. The highest BCUT2D eigenvalue weighted by molar-refractivity contribution is 5.95. The minimum atomic E-state index is -2.95. The summed E-state index contributed by atoms with van der Waals surface area (Å²) < 4.78 is 34.8. The molecule has 166 valence electrons. The number of rotatable bonds is 6. The van der Waals surface area contributed by atoms with Gasteiger partial charge in [-0.25, -0.2) is 0 Å². The molecule has 3 aromatic rings. The van der Waals surface area contributed by atoms with E-state index in [0.29, 0.717) is 59.9 Å². The molecule has 1 aromatic carbocycles. The summed E-state index contributed by atoms with van der Waals surface area (Å²) >= 11 is 0. The Morgan fingerprint density at radius 2 is 2.09 bits per heavy atom. The van der Waals surface area contributed by atoms with E-state index >= 15 is 0 Å². The maximum absolute atomic E-state index is 12.7. The van der Waals surface area contributed by atoms with Crippen LogP contribution in [0.15, 0.2) is 35.0 Å². The molecule has 0 radical (unpaired) electrons. The number of carbonyl (C=O) groups excluding carboxylic acids is 1. The van der Waals surface area contributed by atoms with Crippen LogP contribution in [0, 0.1) is 18.3 Å². The first-order valence-electron chi connectivity index (χ1n) is 9.91. The molecule has 2 aromatic heterocycles. The number of nitrogens with one attached hydrogen (secondary N) is 1. The van der Waals surface area contributed by atoms with E-state index in [4.69, 9.17) is 4.52 Å². The van der Waals surface area contributed by atoms with Crippen molar-refractivity contribution in [3.05, 3.63) is 41.8 Å². The highest BCUT2D eigenvalue weighted by Gasteiger charge is 2.23. The number of fused-ring (bicyclic) bond motifs is 1. The number of nitriles is 1. The molecule has 0 bridgehead atoms. The summed E-state index contributed by atoms with van der Waals surface area (Å²) in [5, 5.41) is 16.6. The van der Waals surface area contributed by atoms with Crippen LogP contribution in [0.25, 0.3) is 10.9 Å². The number of pyridine rings is 1. The zero-order valence-corrected chi connectivity index (χ0v) is 17.2. The average Bonchev–Trinajstić information content (AvgIpc) is 3.17. The number of aromatic nitrogens is 2. The van der Waals surface area contributed by atoms with E-state index in [-0.39, 0.29) is 18.2 Å². The molecule has 1 amide bonds. The topological polar surface area (TPSA) is 108 Å². The Morgan fingerprint density at radius 3 is 2.75 bits per heavy atom. The van der Waals surface area contributed by atoms with Crippen molar-refractivity contribution < 1.29 is 22.8 Å². The number of benzene rings is 1. The van der Waals surface area contributed by atoms with Gasteiger partial charge in [0.1, 0.15) is 17.6 Å². The molecule has 0 aliphatic carbocycles. The van der Waals surface area contributed by atoms with E-state index in [1.165, 1.54) is 18.3 Å². The molecule has 0 spiro atoms. The molecule has 4 rings (SSSR count). The summed E-state index contributed by atoms with van der Waals surface area (Å²) in [7, 11) is 0. The largest absolute Gasteiger partial charge is 0.435 e. The second-order valence-corrected chi connectivity index (χ2v) is 7.32. The first-order valence-corrected chi connectivity index (χ1v) is 9.91. The lowest BCUT2D eigenvalue weighted by Crippen LogP contribution is -2.49. The fourth-order valence-electron chi connectivity index (χ4n) is 3.70. The van der Waals surface area contributed by atoms with Crippen LogP contribution in [0.5, 0.6) is 5.75 Å². The molecule has 9 nitrogen and oxygen atoms in total. The minimum absolute atomic E-state index is 0.00374. The number of anilines is 2. The second kappa shape index (κ2) is 9.15. The van der Waals surface area contributed by atoms with Crippen LogP contribution in [0.2, 0.25) is 0 Å². The van der Waals surface area contributed by atoms with Crippen molar-refractivity contribution in [1.29, 1.82) is 5.26 Å². The molecule has 1 aliphatic rings. The Kier molecular flexibility index (Phi) is 6.13. The van der Waals surface area contributed by atoms with Gasteiger partial charge in [-0.05, 0) is 25.1 Å². The number of piperazine rings is 1. The number of alkyl halides is 2. The first kappa shape index (κ1) is 21.5. The predicted molar refractivity (Wildman–Crippen MR) is 112 cm³/mol. The quantitative estimate of drug-likeness (QED) is 0.621. The lowest BCUT2D eigenvalue weighted by Gasteiger charge is -2.36. The molecule has 1 saturated heterocycles. The van der Waals surface area contributed by atoms with Crippen LogP contribution in [-0.2, 0) is 4.79 Å². The van der Waals surface area contributed by atoms with Crippen molar-refractivity contribution in [2.24, 2.45) is 0 Å². The van der Waals surface area contributed by atoms with E-state index in [2.05, 4.69) is 26.3 Å². The third kappa shape index (κ3) is 4.76. The van der Waals surface area contributed by atoms with Gasteiger partial charge in [0, 0.05) is 43.8 Å². The van der Waals surface area contributed by atoms with Crippen molar-refractivity contribution in [1.82, 2.24) is 15.0 Å². The molecule has 0 saturated carbocycles. The fourth-order valence-corrected chi connectivity index (χ4v) is 3.70. The lowest BCUT2D eigenvalue weighted by molar-refractivity contribution is -0.117. The van der Waals surface area contributed by atoms with Crippen LogP contribution in [-0.4, -0.2) is 60.3 Å². The summed E-state index contributed by atoms with van der Waals surface area (Å²) in [5.41, 5.74) is 1.55. The number of carbonyl (C=O) groups is 1. The molecule has 0 unspecified atom stereocenters. The Labute approximate surface area is 182 Å². The molecule has 3 heterocycles. The maximum atomic E-state index is 12.7. The van der Waals surface area contributed by atoms with E-state index in [1.807, 2.05) is 9.80 Å². The Morgan fingerprint density at radius 1 is 1.31 bits per heavy atom. The van der Waals surface area contributed by atoms with Gasteiger partial charge in [0.05, 0.1) is 23.3 Å². The van der Waals surface area contributed by atoms with Gasteiger partial charge >= 0.3 is 6.61 Å². The second-order valence-electron chi connectivity index (χ2n) is 7.32. The highest BCUT2D eigenvalue weighted by atomic mass is 19.3. The molecule has 32 heavy (non-hydrogen) atoms. The summed E-state index contributed by atoms with van der Waals surface area (Å²) in [4.78, 5) is 20.5. The van der Waals surface area contributed by atoms with E-state index in [9.17, 15) is 18.8 Å². The smallest absolute Gasteiger partial charge is 0.387 e. The molecule has 1 aliphatic heterocycles. The molecule has 1 N–H and O–H groups in total. The number of ether oxygens (including phenoxy) is 1. The number of hydrogen-bond acceptors (Lipinski definition) is 8. The molecule has 11 heteroatoms. The summed E-state index contributed by atoms with van der Waals surface area (Å²) in [6.45, 7) is 1.23. The predicted octanol–water partition coefficient (Wildman–Crippen LogP) is 2.77. The van der Waals surface area contributed by atoms with Gasteiger partial charge < -0.3 is 19.5 Å². The van der Waals surface area contributed by atoms with Crippen molar-refractivity contribution in [2.45, 2.75) is 13.5 Å². The molecular weight excluding hydrogens is 422 g/mol. The molecular formula is C21H20F2N6O3. The van der Waals surface area contributed by atoms with Gasteiger partial charge in [-0.2, -0.15) is 14.0 Å². The number of nitrogens with zero attached hydrogens (tertiary/aromatic N) is 5. The van der Waals surface area contributed by atoms with Gasteiger partial charge in [-0.1, -0.05) is 5.16 Å². The van der Waals surface area contributed by atoms with Gasteiger partial charge in [0.25, 0.3) is 0 Å². The van der Waals surface area contributed by atoms with Crippen LogP contribution >= 0.6 is 0 Å². The molecule has 0 atom stereocenters. The Bertz CT molecular complexity index is 1170. The van der Waals surface area contributed by atoms with Crippen LogP contribution < -0.4 is 15.0 Å². The van der Waals surface area contributed by atoms with E-state index in [0.717, 1.165) is 0 Å². The van der Waals surface area contributed by atoms with Gasteiger partial charge in [0.15, 0.2) is 5.82 Å². The number of amides is 1.